The van der Waals surface area contributed by atoms with Gasteiger partial charge in [0, 0.05) is 46.7 Å². The molecule has 4 rings (SSSR count). The van der Waals surface area contributed by atoms with Crippen molar-refractivity contribution in [2.45, 2.75) is 46.0 Å². The molecular formula is C26H28ClNO4. The van der Waals surface area contributed by atoms with Crippen LogP contribution in [-0.4, -0.2) is 25.9 Å². The molecule has 2 aromatic rings. The van der Waals surface area contributed by atoms with Gasteiger partial charge in [0.05, 0.1) is 19.9 Å². The van der Waals surface area contributed by atoms with Gasteiger partial charge in [-0.2, -0.15) is 0 Å². The third-order valence-electron chi connectivity index (χ3n) is 6.36. The molecule has 1 atom stereocenters. The van der Waals surface area contributed by atoms with Crippen LogP contribution in [0.2, 0.25) is 5.02 Å². The first kappa shape index (κ1) is 22.4. The van der Waals surface area contributed by atoms with Crippen molar-refractivity contribution in [3.8, 4) is 11.5 Å². The van der Waals surface area contributed by atoms with Crippen LogP contribution in [0.15, 0.2) is 47.7 Å². The number of methoxy groups -OCH3 is 2. The zero-order valence-corrected chi connectivity index (χ0v) is 19.9. The van der Waals surface area contributed by atoms with Crippen LogP contribution in [0.3, 0.4) is 0 Å². The number of hydrogen-bond acceptors (Lipinski definition) is 4. The topological polar surface area (TPSA) is 55.8 Å². The van der Waals surface area contributed by atoms with Crippen LogP contribution in [0.5, 0.6) is 11.5 Å². The van der Waals surface area contributed by atoms with E-state index in [4.69, 9.17) is 21.1 Å². The Kier molecular flexibility index (Phi) is 5.80. The highest BCUT2D eigenvalue weighted by atomic mass is 35.5. The summed E-state index contributed by atoms with van der Waals surface area (Å²) < 4.78 is 11.2. The Balaban J connectivity index is 1.97. The van der Waals surface area contributed by atoms with Crippen LogP contribution >= 0.6 is 11.6 Å². The molecule has 0 saturated carbocycles. The minimum absolute atomic E-state index is 0.0781. The third-order valence-corrected chi connectivity index (χ3v) is 6.77. The summed E-state index contributed by atoms with van der Waals surface area (Å²) in [4.78, 5) is 28.8. The van der Waals surface area contributed by atoms with Crippen LogP contribution < -0.4 is 14.4 Å². The number of Topliss-reactive ketones (excluding diaryl/α,β-unsaturated/α-hetero) is 1. The van der Waals surface area contributed by atoms with Crippen LogP contribution in [0.1, 0.15) is 50.2 Å². The van der Waals surface area contributed by atoms with Crippen molar-refractivity contribution in [3.05, 3.63) is 63.8 Å². The molecule has 0 radical (unpaired) electrons. The number of ketones is 1. The van der Waals surface area contributed by atoms with E-state index >= 15 is 0 Å². The fraction of sp³-hybridized carbons (Fsp3) is 0.385. The summed E-state index contributed by atoms with van der Waals surface area (Å²) in [6, 6.07) is 11.2. The second kappa shape index (κ2) is 8.28. The number of halogens is 1. The number of aryl methyl sites for hydroxylation is 1. The predicted octanol–water partition coefficient (Wildman–Crippen LogP) is 5.83. The summed E-state index contributed by atoms with van der Waals surface area (Å²) in [5.41, 5.74) is 3.51. The molecule has 1 aliphatic heterocycles. The molecule has 168 valence electrons. The number of para-hydroxylation sites is 1. The van der Waals surface area contributed by atoms with Crippen molar-refractivity contribution in [3.63, 3.8) is 0 Å². The molecule has 0 spiro atoms. The molecule has 0 fully saturated rings. The Hall–Kier alpha value is -2.79. The van der Waals surface area contributed by atoms with Crippen molar-refractivity contribution < 1.29 is 19.1 Å². The lowest BCUT2D eigenvalue weighted by atomic mass is 9.69. The van der Waals surface area contributed by atoms with E-state index in [1.54, 1.807) is 25.2 Å². The summed E-state index contributed by atoms with van der Waals surface area (Å²) in [5, 5.41) is 0.566. The van der Waals surface area contributed by atoms with Crippen LogP contribution in [0.4, 0.5) is 5.69 Å². The van der Waals surface area contributed by atoms with E-state index < -0.39 is 0 Å². The van der Waals surface area contributed by atoms with Crippen molar-refractivity contribution >= 4 is 29.0 Å². The molecule has 0 N–H and O–H groups in total. The molecule has 0 aromatic heterocycles. The monoisotopic (exact) mass is 453 g/mol. The number of anilines is 1. The van der Waals surface area contributed by atoms with Gasteiger partial charge in [-0.25, -0.2) is 0 Å². The Morgan fingerprint density at radius 3 is 2.41 bits per heavy atom. The van der Waals surface area contributed by atoms with Gasteiger partial charge in [-0.1, -0.05) is 43.6 Å². The van der Waals surface area contributed by atoms with E-state index in [-0.39, 0.29) is 29.4 Å². The van der Waals surface area contributed by atoms with Gasteiger partial charge in [0.25, 0.3) is 0 Å². The molecule has 1 aliphatic carbocycles. The van der Waals surface area contributed by atoms with E-state index in [1.165, 1.54) is 0 Å². The number of amides is 1. The van der Waals surface area contributed by atoms with E-state index in [0.717, 1.165) is 16.8 Å². The van der Waals surface area contributed by atoms with Gasteiger partial charge in [-0.15, -0.1) is 0 Å². The van der Waals surface area contributed by atoms with E-state index in [1.807, 2.05) is 37.3 Å². The van der Waals surface area contributed by atoms with Gasteiger partial charge in [-0.05, 0) is 36.5 Å². The largest absolute Gasteiger partial charge is 0.496 e. The SMILES string of the molecule is COc1ccccc1C1CC(=O)N(c2cc(C)c(Cl)cc2OC)C2=C1C(=O)CC(C)(C)C2. The Labute approximate surface area is 194 Å². The average molecular weight is 454 g/mol. The molecule has 2 aliphatic rings. The first-order valence-corrected chi connectivity index (χ1v) is 11.1. The number of nitrogens with zero attached hydrogens (tertiary/aromatic N) is 1. The number of hydrogen-bond donors (Lipinski definition) is 0. The number of rotatable bonds is 4. The molecule has 2 aromatic carbocycles. The quantitative estimate of drug-likeness (QED) is 0.584. The number of benzene rings is 2. The smallest absolute Gasteiger partial charge is 0.232 e. The van der Waals surface area contributed by atoms with Gasteiger partial charge in [0.15, 0.2) is 5.78 Å². The number of ether oxygens (including phenoxy) is 2. The van der Waals surface area contributed by atoms with Crippen molar-refractivity contribution in [2.24, 2.45) is 5.41 Å². The van der Waals surface area contributed by atoms with Gasteiger partial charge in [0.2, 0.25) is 5.91 Å². The van der Waals surface area contributed by atoms with Gasteiger partial charge in [-0.3, -0.25) is 14.5 Å². The Bertz CT molecular complexity index is 1130. The molecule has 5 nitrogen and oxygen atoms in total. The summed E-state index contributed by atoms with van der Waals surface area (Å²) in [6.07, 6.45) is 1.22. The standard InChI is InChI=1S/C26H28ClNO4/c1-15-10-19(23(32-5)12-18(15)27)28-20-13-26(2,3)14-21(29)25(20)17(11-24(28)30)16-8-6-7-9-22(16)31-4/h6-10,12,17H,11,13-14H2,1-5H3. The molecule has 0 saturated heterocycles. The summed E-state index contributed by atoms with van der Waals surface area (Å²) in [6.45, 7) is 6.02. The lowest BCUT2D eigenvalue weighted by Gasteiger charge is -2.43. The molecular weight excluding hydrogens is 426 g/mol. The fourth-order valence-electron chi connectivity index (χ4n) is 4.90. The van der Waals surface area contributed by atoms with Gasteiger partial charge in [0.1, 0.15) is 11.5 Å². The first-order chi connectivity index (χ1) is 15.2. The zero-order valence-electron chi connectivity index (χ0n) is 19.1. The zero-order chi connectivity index (χ0) is 23.2. The third kappa shape index (κ3) is 3.79. The van der Waals surface area contributed by atoms with E-state index in [0.29, 0.717) is 40.6 Å². The minimum Gasteiger partial charge on any atom is -0.496 e. The molecule has 1 heterocycles. The Morgan fingerprint density at radius 1 is 1.03 bits per heavy atom. The normalized spacial score (nSPS) is 20.3. The highest BCUT2D eigenvalue weighted by molar-refractivity contribution is 6.31. The van der Waals surface area contributed by atoms with E-state index in [9.17, 15) is 9.59 Å². The predicted molar refractivity (Wildman–Crippen MR) is 126 cm³/mol. The second-order valence-electron chi connectivity index (χ2n) is 9.30. The lowest BCUT2D eigenvalue weighted by Crippen LogP contribution is -2.44. The molecule has 6 heteroatoms. The van der Waals surface area contributed by atoms with Crippen LogP contribution in [-0.2, 0) is 9.59 Å². The maximum Gasteiger partial charge on any atom is 0.232 e. The summed E-state index contributed by atoms with van der Waals surface area (Å²) in [5.74, 6) is 0.850. The highest BCUT2D eigenvalue weighted by Crippen LogP contribution is 2.51. The lowest BCUT2D eigenvalue weighted by molar-refractivity contribution is -0.121. The minimum atomic E-state index is -0.340. The summed E-state index contributed by atoms with van der Waals surface area (Å²) >= 11 is 6.32. The maximum absolute atomic E-state index is 13.7. The summed E-state index contributed by atoms with van der Waals surface area (Å²) in [7, 11) is 3.17. The number of allylic oxidation sites excluding steroid dienone is 2. The van der Waals surface area contributed by atoms with Crippen LogP contribution in [0, 0.1) is 12.3 Å². The van der Waals surface area contributed by atoms with Crippen molar-refractivity contribution in [1.29, 1.82) is 0 Å². The van der Waals surface area contributed by atoms with Crippen molar-refractivity contribution in [1.82, 2.24) is 0 Å². The molecule has 1 unspecified atom stereocenters. The number of carbonyl (C=O) groups is 2. The Morgan fingerprint density at radius 2 is 1.72 bits per heavy atom. The second-order valence-corrected chi connectivity index (χ2v) is 9.71. The van der Waals surface area contributed by atoms with Gasteiger partial charge >= 0.3 is 0 Å². The molecule has 32 heavy (non-hydrogen) atoms. The maximum atomic E-state index is 13.7. The average Bonchev–Trinajstić information content (AvgIpc) is 2.74. The fourth-order valence-corrected chi connectivity index (χ4v) is 5.05. The molecule has 1 amide bonds. The van der Waals surface area contributed by atoms with Crippen LogP contribution in [0.25, 0.3) is 0 Å². The van der Waals surface area contributed by atoms with Crippen molar-refractivity contribution in [2.75, 3.05) is 19.1 Å². The van der Waals surface area contributed by atoms with E-state index in [2.05, 4.69) is 13.8 Å². The first-order valence-electron chi connectivity index (χ1n) is 10.7. The highest BCUT2D eigenvalue weighted by Gasteiger charge is 2.45. The molecule has 0 bridgehead atoms. The number of carbonyl (C=O) groups excluding carboxylic acids is 2. The van der Waals surface area contributed by atoms with Gasteiger partial charge < -0.3 is 9.47 Å².